The third-order valence-corrected chi connectivity index (χ3v) is 4.09. The minimum Gasteiger partial charge on any atom is -0.379 e. The number of hydrogen-bond donors (Lipinski definition) is 1. The van der Waals surface area contributed by atoms with E-state index in [-0.39, 0.29) is 11.7 Å². The van der Waals surface area contributed by atoms with Gasteiger partial charge in [-0.25, -0.2) is 9.97 Å². The van der Waals surface area contributed by atoms with Crippen LogP contribution in [0.2, 0.25) is 5.02 Å². The number of nitro benzene ring substituents is 1. The lowest BCUT2D eigenvalue weighted by Gasteiger charge is -2.33. The zero-order valence-corrected chi connectivity index (χ0v) is 13.1. The molecule has 0 saturated carbocycles. The van der Waals surface area contributed by atoms with Crippen molar-refractivity contribution in [1.82, 2.24) is 9.97 Å². The van der Waals surface area contributed by atoms with E-state index >= 15 is 0 Å². The van der Waals surface area contributed by atoms with Gasteiger partial charge in [-0.05, 0) is 25.0 Å². The third kappa shape index (κ3) is 3.68. The molecule has 1 aliphatic heterocycles. The number of non-ortho nitro benzene ring substituents is 1. The molecular weight excluding hydrogens is 318 g/mol. The maximum absolute atomic E-state index is 10.8. The van der Waals surface area contributed by atoms with Gasteiger partial charge in [0.05, 0.1) is 15.6 Å². The summed E-state index contributed by atoms with van der Waals surface area (Å²) in [7, 11) is 0. The number of nitrogens with zero attached hydrogens (tertiary/aromatic N) is 4. The van der Waals surface area contributed by atoms with E-state index < -0.39 is 4.92 Å². The van der Waals surface area contributed by atoms with Crippen molar-refractivity contribution in [2.24, 2.45) is 0 Å². The van der Waals surface area contributed by atoms with E-state index in [0.717, 1.165) is 25.9 Å². The molecule has 1 N–H and O–H groups in total. The molecule has 7 nitrogen and oxygen atoms in total. The van der Waals surface area contributed by atoms with Crippen molar-refractivity contribution < 1.29 is 4.92 Å². The molecule has 3 rings (SSSR count). The van der Waals surface area contributed by atoms with E-state index in [2.05, 4.69) is 20.2 Å². The summed E-state index contributed by atoms with van der Waals surface area (Å²) in [6.07, 6.45) is 5.47. The average Bonchev–Trinajstić information content (AvgIpc) is 2.57. The topological polar surface area (TPSA) is 84.2 Å². The minimum absolute atomic E-state index is 0.0106. The zero-order valence-electron chi connectivity index (χ0n) is 12.4. The van der Waals surface area contributed by atoms with Gasteiger partial charge in [-0.1, -0.05) is 11.6 Å². The predicted molar refractivity (Wildman–Crippen MR) is 89.0 cm³/mol. The summed E-state index contributed by atoms with van der Waals surface area (Å²) in [5.74, 6) is 0.716. The van der Waals surface area contributed by atoms with E-state index in [4.69, 9.17) is 11.6 Å². The smallest absolute Gasteiger partial charge is 0.271 e. The van der Waals surface area contributed by atoms with Crippen molar-refractivity contribution in [3.63, 3.8) is 0 Å². The Balaban J connectivity index is 1.69. The fraction of sp³-hybridized carbons (Fsp3) is 0.333. The molecule has 1 saturated heterocycles. The van der Waals surface area contributed by atoms with Gasteiger partial charge in [-0.3, -0.25) is 10.1 Å². The Bertz CT molecular complexity index is 698. The predicted octanol–water partition coefficient (Wildman–Crippen LogP) is 3.12. The number of anilines is 2. The fourth-order valence-electron chi connectivity index (χ4n) is 2.69. The van der Waals surface area contributed by atoms with Crippen LogP contribution in [0.5, 0.6) is 0 Å². The molecule has 8 heteroatoms. The van der Waals surface area contributed by atoms with Crippen LogP contribution in [0.4, 0.5) is 17.3 Å². The van der Waals surface area contributed by atoms with Crippen LogP contribution in [0.3, 0.4) is 0 Å². The summed E-state index contributed by atoms with van der Waals surface area (Å²) in [5, 5.41) is 14.5. The first kappa shape index (κ1) is 15.5. The molecule has 23 heavy (non-hydrogen) atoms. The van der Waals surface area contributed by atoms with Crippen LogP contribution in [0.15, 0.2) is 36.7 Å². The molecule has 0 unspecified atom stereocenters. The third-order valence-electron chi connectivity index (χ3n) is 3.78. The van der Waals surface area contributed by atoms with Crippen LogP contribution in [0.1, 0.15) is 12.8 Å². The number of nitro groups is 1. The molecule has 1 atom stereocenters. The molecule has 1 aromatic heterocycles. The Labute approximate surface area is 138 Å². The van der Waals surface area contributed by atoms with Crippen LogP contribution in [0.25, 0.3) is 0 Å². The fourth-order valence-corrected chi connectivity index (χ4v) is 2.92. The number of nitrogens with one attached hydrogen (secondary N) is 1. The molecule has 2 heterocycles. The molecule has 1 fully saturated rings. The maximum atomic E-state index is 10.8. The van der Waals surface area contributed by atoms with Crippen LogP contribution >= 0.6 is 11.6 Å². The van der Waals surface area contributed by atoms with Crippen LogP contribution in [-0.4, -0.2) is 34.0 Å². The van der Waals surface area contributed by atoms with Crippen molar-refractivity contribution in [2.45, 2.75) is 18.9 Å². The van der Waals surface area contributed by atoms with Crippen LogP contribution in [-0.2, 0) is 0 Å². The number of piperidine rings is 1. The monoisotopic (exact) mass is 333 g/mol. The molecule has 0 radical (unpaired) electrons. The Kier molecular flexibility index (Phi) is 4.57. The Morgan fingerprint density at radius 2 is 2.13 bits per heavy atom. The lowest BCUT2D eigenvalue weighted by molar-refractivity contribution is -0.384. The zero-order chi connectivity index (χ0) is 16.2. The molecule has 0 spiro atoms. The van der Waals surface area contributed by atoms with Gasteiger partial charge >= 0.3 is 0 Å². The first-order valence-electron chi connectivity index (χ1n) is 7.36. The molecule has 0 bridgehead atoms. The standard InChI is InChI=1S/C15H16ClN5O2/c16-13-9-12(21(22)23)4-5-14(13)19-11-3-1-8-20(10-11)15-17-6-2-7-18-15/h2,4-7,9,11,19H,1,3,8,10H2/t11-/m0/s1. The molecule has 0 amide bonds. The second-order valence-corrected chi connectivity index (χ2v) is 5.81. The number of benzene rings is 1. The lowest BCUT2D eigenvalue weighted by Crippen LogP contribution is -2.42. The molecule has 120 valence electrons. The van der Waals surface area contributed by atoms with Crippen molar-refractivity contribution in [3.05, 3.63) is 51.8 Å². The van der Waals surface area contributed by atoms with Gasteiger partial charge in [-0.2, -0.15) is 0 Å². The summed E-state index contributed by atoms with van der Waals surface area (Å²) in [4.78, 5) is 21.0. The van der Waals surface area contributed by atoms with Gasteiger partial charge < -0.3 is 10.2 Å². The summed E-state index contributed by atoms with van der Waals surface area (Å²) in [6.45, 7) is 1.67. The van der Waals surface area contributed by atoms with Gasteiger partial charge in [-0.15, -0.1) is 0 Å². The Hall–Kier alpha value is -2.41. The first-order chi connectivity index (χ1) is 11.1. The second kappa shape index (κ2) is 6.78. The quantitative estimate of drug-likeness (QED) is 0.683. The maximum Gasteiger partial charge on any atom is 0.271 e. The highest BCUT2D eigenvalue weighted by Crippen LogP contribution is 2.28. The molecular formula is C15H16ClN5O2. The van der Waals surface area contributed by atoms with Crippen molar-refractivity contribution in [2.75, 3.05) is 23.3 Å². The largest absolute Gasteiger partial charge is 0.379 e. The second-order valence-electron chi connectivity index (χ2n) is 5.40. The summed E-state index contributed by atoms with van der Waals surface area (Å²) in [5.41, 5.74) is 0.696. The molecule has 0 aliphatic carbocycles. The molecule has 1 aliphatic rings. The number of aromatic nitrogens is 2. The van der Waals surface area contributed by atoms with Crippen LogP contribution in [0, 0.1) is 10.1 Å². The minimum atomic E-state index is -0.454. The summed E-state index contributed by atoms with van der Waals surface area (Å²) >= 11 is 6.14. The van der Waals surface area contributed by atoms with E-state index in [1.54, 1.807) is 24.5 Å². The Morgan fingerprint density at radius 1 is 1.35 bits per heavy atom. The van der Waals surface area contributed by atoms with Gasteiger partial charge in [0.1, 0.15) is 0 Å². The number of halogens is 1. The van der Waals surface area contributed by atoms with Gasteiger partial charge in [0.15, 0.2) is 0 Å². The number of rotatable bonds is 4. The SMILES string of the molecule is O=[N+]([O-])c1ccc(N[C@H]2CCCN(c3ncccn3)C2)c(Cl)c1. The Morgan fingerprint density at radius 3 is 2.83 bits per heavy atom. The summed E-state index contributed by atoms with van der Waals surface area (Å²) in [6, 6.07) is 6.45. The first-order valence-corrected chi connectivity index (χ1v) is 7.74. The van der Waals surface area contributed by atoms with E-state index in [1.165, 1.54) is 12.1 Å². The highest BCUT2D eigenvalue weighted by Gasteiger charge is 2.22. The molecule has 1 aromatic carbocycles. The van der Waals surface area contributed by atoms with Crippen LogP contribution < -0.4 is 10.2 Å². The van der Waals surface area contributed by atoms with E-state index in [9.17, 15) is 10.1 Å². The molecule has 2 aromatic rings. The van der Waals surface area contributed by atoms with E-state index in [1.807, 2.05) is 0 Å². The van der Waals surface area contributed by atoms with Gasteiger partial charge in [0, 0.05) is 43.7 Å². The van der Waals surface area contributed by atoms with Gasteiger partial charge in [0.2, 0.25) is 5.95 Å². The van der Waals surface area contributed by atoms with Crippen molar-refractivity contribution in [1.29, 1.82) is 0 Å². The van der Waals surface area contributed by atoms with Gasteiger partial charge in [0.25, 0.3) is 5.69 Å². The highest BCUT2D eigenvalue weighted by molar-refractivity contribution is 6.33. The lowest BCUT2D eigenvalue weighted by atomic mass is 10.1. The van der Waals surface area contributed by atoms with Crippen molar-refractivity contribution in [3.8, 4) is 0 Å². The number of hydrogen-bond acceptors (Lipinski definition) is 6. The summed E-state index contributed by atoms with van der Waals surface area (Å²) < 4.78 is 0. The van der Waals surface area contributed by atoms with E-state index in [0.29, 0.717) is 16.7 Å². The normalized spacial score (nSPS) is 17.8. The average molecular weight is 334 g/mol. The van der Waals surface area contributed by atoms with Crippen molar-refractivity contribution >= 4 is 28.9 Å². The highest BCUT2D eigenvalue weighted by atomic mass is 35.5.